The predicted octanol–water partition coefficient (Wildman–Crippen LogP) is 1.39. The zero-order valence-corrected chi connectivity index (χ0v) is 10.7. The molecule has 2 heterocycles. The highest BCUT2D eigenvalue weighted by Crippen LogP contribution is 2.16. The lowest BCUT2D eigenvalue weighted by atomic mass is 10.3. The molecule has 0 unspecified atom stereocenters. The molecule has 0 aliphatic carbocycles. The van der Waals surface area contributed by atoms with Crippen molar-refractivity contribution >= 4 is 22.4 Å². The first-order valence-electron chi connectivity index (χ1n) is 5.24. The fourth-order valence-corrected chi connectivity index (χ4v) is 2.11. The van der Waals surface area contributed by atoms with Crippen LogP contribution in [-0.2, 0) is 13.5 Å². The second kappa shape index (κ2) is 4.62. The van der Waals surface area contributed by atoms with Gasteiger partial charge in [0, 0.05) is 7.05 Å². The first-order chi connectivity index (χ1) is 8.10. The van der Waals surface area contributed by atoms with Gasteiger partial charge in [0.1, 0.15) is 10.7 Å². The Labute approximate surface area is 103 Å². The Kier molecular flexibility index (Phi) is 3.19. The van der Waals surface area contributed by atoms with Crippen LogP contribution in [0.4, 0.5) is 5.13 Å². The summed E-state index contributed by atoms with van der Waals surface area (Å²) in [5, 5.41) is 16.1. The van der Waals surface area contributed by atoms with Crippen molar-refractivity contribution in [1.82, 2.24) is 20.0 Å². The van der Waals surface area contributed by atoms with Crippen LogP contribution in [-0.4, -0.2) is 25.9 Å². The zero-order chi connectivity index (χ0) is 12.4. The molecule has 0 atom stereocenters. The molecule has 2 aromatic rings. The molecule has 0 aliphatic heterocycles. The van der Waals surface area contributed by atoms with Crippen LogP contribution in [0, 0.1) is 6.92 Å². The number of rotatable bonds is 3. The van der Waals surface area contributed by atoms with E-state index in [9.17, 15) is 4.79 Å². The molecule has 0 saturated heterocycles. The van der Waals surface area contributed by atoms with Crippen LogP contribution in [0.25, 0.3) is 0 Å². The van der Waals surface area contributed by atoms with Gasteiger partial charge in [0.25, 0.3) is 5.91 Å². The minimum atomic E-state index is -0.216. The van der Waals surface area contributed by atoms with E-state index in [0.29, 0.717) is 10.8 Å². The summed E-state index contributed by atoms with van der Waals surface area (Å²) >= 11 is 1.38. The Morgan fingerprint density at radius 2 is 2.29 bits per heavy atom. The Bertz CT molecular complexity index is 545. The van der Waals surface area contributed by atoms with Crippen molar-refractivity contribution in [2.75, 3.05) is 5.32 Å². The van der Waals surface area contributed by atoms with Crippen LogP contribution < -0.4 is 5.32 Å². The lowest BCUT2D eigenvalue weighted by molar-refractivity contribution is 0.101. The summed E-state index contributed by atoms with van der Waals surface area (Å²) in [6.07, 6.45) is 0.818. The molecule has 0 saturated carbocycles. The number of hydrogen-bond donors (Lipinski definition) is 1. The highest BCUT2D eigenvalue weighted by Gasteiger charge is 2.13. The number of nitrogens with zero attached hydrogens (tertiary/aromatic N) is 4. The van der Waals surface area contributed by atoms with E-state index in [-0.39, 0.29) is 5.91 Å². The number of aromatic nitrogens is 4. The second-order valence-electron chi connectivity index (χ2n) is 3.60. The lowest BCUT2D eigenvalue weighted by Gasteiger charge is -2.00. The molecule has 2 rings (SSSR count). The predicted molar refractivity (Wildman–Crippen MR) is 65.2 cm³/mol. The molecular formula is C10H13N5OS. The van der Waals surface area contributed by atoms with Crippen molar-refractivity contribution in [3.8, 4) is 0 Å². The van der Waals surface area contributed by atoms with Gasteiger partial charge in [0.05, 0.1) is 5.69 Å². The summed E-state index contributed by atoms with van der Waals surface area (Å²) in [4.78, 5) is 11.9. The Morgan fingerprint density at radius 3 is 2.82 bits per heavy atom. The van der Waals surface area contributed by atoms with E-state index in [1.54, 1.807) is 17.8 Å². The molecule has 1 N–H and O–H groups in total. The van der Waals surface area contributed by atoms with Crippen molar-refractivity contribution in [2.45, 2.75) is 20.3 Å². The Hall–Kier alpha value is -1.76. The maximum atomic E-state index is 11.9. The van der Waals surface area contributed by atoms with E-state index < -0.39 is 0 Å². The number of carbonyl (C=O) groups excluding carboxylic acids is 1. The lowest BCUT2D eigenvalue weighted by Crippen LogP contribution is -2.15. The summed E-state index contributed by atoms with van der Waals surface area (Å²) < 4.78 is 1.55. The van der Waals surface area contributed by atoms with Crippen molar-refractivity contribution in [3.63, 3.8) is 0 Å². The summed E-state index contributed by atoms with van der Waals surface area (Å²) in [7, 11) is 1.74. The quantitative estimate of drug-likeness (QED) is 0.894. The first-order valence-corrected chi connectivity index (χ1v) is 6.06. The minimum absolute atomic E-state index is 0.216. The molecule has 0 aromatic carbocycles. The highest BCUT2D eigenvalue weighted by atomic mass is 32.1. The topological polar surface area (TPSA) is 72.7 Å². The van der Waals surface area contributed by atoms with Gasteiger partial charge in [-0.1, -0.05) is 18.3 Å². The van der Waals surface area contributed by atoms with Crippen LogP contribution in [0.2, 0.25) is 0 Å². The fraction of sp³-hybridized carbons (Fsp3) is 0.400. The maximum absolute atomic E-state index is 11.9. The smallest absolute Gasteiger partial charge is 0.275 e. The van der Waals surface area contributed by atoms with Gasteiger partial charge in [-0.15, -0.1) is 10.2 Å². The van der Waals surface area contributed by atoms with Crippen LogP contribution in [0.5, 0.6) is 0 Å². The van der Waals surface area contributed by atoms with Crippen molar-refractivity contribution < 1.29 is 4.79 Å². The molecule has 17 heavy (non-hydrogen) atoms. The van der Waals surface area contributed by atoms with Gasteiger partial charge in [-0.3, -0.25) is 14.8 Å². The molecule has 1 amide bonds. The van der Waals surface area contributed by atoms with Crippen molar-refractivity contribution in [3.05, 3.63) is 22.5 Å². The molecule has 0 fully saturated rings. The molecule has 0 aliphatic rings. The minimum Gasteiger partial charge on any atom is -0.295 e. The number of carbonyl (C=O) groups is 1. The Morgan fingerprint density at radius 1 is 1.53 bits per heavy atom. The highest BCUT2D eigenvalue weighted by molar-refractivity contribution is 7.15. The van der Waals surface area contributed by atoms with Gasteiger partial charge in [0.2, 0.25) is 5.13 Å². The van der Waals surface area contributed by atoms with Crippen LogP contribution >= 0.6 is 11.3 Å². The van der Waals surface area contributed by atoms with E-state index >= 15 is 0 Å². The van der Waals surface area contributed by atoms with Crippen molar-refractivity contribution in [2.24, 2.45) is 7.05 Å². The molecule has 0 spiro atoms. The van der Waals surface area contributed by atoms with Gasteiger partial charge in [-0.05, 0) is 19.4 Å². The van der Waals surface area contributed by atoms with E-state index in [0.717, 1.165) is 17.1 Å². The van der Waals surface area contributed by atoms with E-state index in [4.69, 9.17) is 0 Å². The summed E-state index contributed by atoms with van der Waals surface area (Å²) in [5.41, 5.74) is 1.32. The van der Waals surface area contributed by atoms with E-state index in [1.165, 1.54) is 11.3 Å². The number of hydrogen-bond acceptors (Lipinski definition) is 5. The fourth-order valence-electron chi connectivity index (χ4n) is 1.43. The number of nitrogens with one attached hydrogen (secondary N) is 1. The van der Waals surface area contributed by atoms with Gasteiger partial charge in [0.15, 0.2) is 0 Å². The molecule has 2 aromatic heterocycles. The molecule has 90 valence electrons. The first kappa shape index (κ1) is 11.7. The normalized spacial score (nSPS) is 10.5. The third kappa shape index (κ3) is 2.50. The number of anilines is 1. The van der Waals surface area contributed by atoms with Crippen LogP contribution in [0.1, 0.15) is 28.1 Å². The third-order valence-electron chi connectivity index (χ3n) is 2.22. The SMILES string of the molecule is CCc1nnc(NC(=O)c2cc(C)nn2C)s1. The number of aryl methyl sites for hydroxylation is 3. The average Bonchev–Trinajstić information content (AvgIpc) is 2.85. The molecular weight excluding hydrogens is 238 g/mol. The summed E-state index contributed by atoms with van der Waals surface area (Å²) in [5.74, 6) is -0.216. The molecule has 6 nitrogen and oxygen atoms in total. The van der Waals surface area contributed by atoms with Crippen LogP contribution in [0.3, 0.4) is 0 Å². The molecule has 0 radical (unpaired) electrons. The Balaban J connectivity index is 2.14. The summed E-state index contributed by atoms with van der Waals surface area (Å²) in [6, 6.07) is 1.73. The molecule has 7 heteroatoms. The van der Waals surface area contributed by atoms with Gasteiger partial charge in [-0.25, -0.2) is 0 Å². The van der Waals surface area contributed by atoms with Crippen LogP contribution in [0.15, 0.2) is 6.07 Å². The maximum Gasteiger partial charge on any atom is 0.275 e. The van der Waals surface area contributed by atoms with Crippen molar-refractivity contribution in [1.29, 1.82) is 0 Å². The monoisotopic (exact) mass is 251 g/mol. The van der Waals surface area contributed by atoms with Gasteiger partial charge < -0.3 is 0 Å². The average molecular weight is 251 g/mol. The summed E-state index contributed by atoms with van der Waals surface area (Å²) in [6.45, 7) is 3.84. The van der Waals surface area contributed by atoms with E-state index in [2.05, 4.69) is 20.6 Å². The standard InChI is InChI=1S/C10H13N5OS/c1-4-8-12-13-10(17-8)11-9(16)7-5-6(2)14-15(7)3/h5H,4H2,1-3H3,(H,11,13,16). The zero-order valence-electron chi connectivity index (χ0n) is 9.89. The van der Waals surface area contributed by atoms with E-state index in [1.807, 2.05) is 13.8 Å². The number of amides is 1. The van der Waals surface area contributed by atoms with Gasteiger partial charge in [-0.2, -0.15) is 5.10 Å². The molecule has 0 bridgehead atoms. The second-order valence-corrected chi connectivity index (χ2v) is 4.67. The largest absolute Gasteiger partial charge is 0.295 e. The third-order valence-corrected chi connectivity index (χ3v) is 3.21. The van der Waals surface area contributed by atoms with Gasteiger partial charge >= 0.3 is 0 Å².